The van der Waals surface area contributed by atoms with Crippen LogP contribution in [-0.4, -0.2) is 89.8 Å². The summed E-state index contributed by atoms with van der Waals surface area (Å²) in [6.07, 6.45) is 4.29. The van der Waals surface area contributed by atoms with Gasteiger partial charge in [-0.1, -0.05) is 12.1 Å². The Balaban J connectivity index is 1.44. The lowest BCUT2D eigenvalue weighted by Gasteiger charge is -2.44. The molecule has 12 nitrogen and oxygen atoms in total. The van der Waals surface area contributed by atoms with Gasteiger partial charge in [0.05, 0.1) is 30.1 Å². The first-order valence-electron chi connectivity index (χ1n) is 17.1. The molecule has 2 unspecified atom stereocenters. The molecule has 2 aromatic carbocycles. The topological polar surface area (TPSA) is 151 Å². The Labute approximate surface area is 284 Å². The number of ether oxygens (including phenoxy) is 3. The van der Waals surface area contributed by atoms with Crippen LogP contribution in [0.1, 0.15) is 56.0 Å². The molecule has 1 aromatic heterocycles. The molecule has 2 aliphatic rings. The highest BCUT2D eigenvalue weighted by atomic mass is 28.4. The van der Waals surface area contributed by atoms with Crippen molar-refractivity contribution in [3.05, 3.63) is 59.4 Å². The van der Waals surface area contributed by atoms with Crippen LogP contribution >= 0.6 is 0 Å². The fourth-order valence-electron chi connectivity index (χ4n) is 7.09. The third-order valence-electron chi connectivity index (χ3n) is 9.52. The molecular weight excluding hydrogens is 630 g/mol. The van der Waals surface area contributed by atoms with Crippen LogP contribution in [0, 0.1) is 5.92 Å². The number of benzene rings is 2. The monoisotopic (exact) mass is 681 g/mol. The molecule has 5 atom stereocenters. The Kier molecular flexibility index (Phi) is 11.9. The molecule has 48 heavy (non-hydrogen) atoms. The number of anilines is 2. The van der Waals surface area contributed by atoms with Crippen LogP contribution in [0.2, 0.25) is 18.6 Å². The van der Waals surface area contributed by atoms with Gasteiger partial charge >= 0.3 is 0 Å². The van der Waals surface area contributed by atoms with Crippen molar-refractivity contribution in [1.29, 1.82) is 0 Å². The predicted molar refractivity (Wildman–Crippen MR) is 185 cm³/mol. The zero-order valence-electron chi connectivity index (χ0n) is 28.8. The maximum Gasteiger partial charge on any atom is 0.249 e. The molecule has 262 valence electrons. The van der Waals surface area contributed by atoms with E-state index in [-0.39, 0.29) is 42.8 Å². The van der Waals surface area contributed by atoms with Gasteiger partial charge in [-0.2, -0.15) is 0 Å². The number of aryl methyl sites for hydroxylation is 1. The van der Waals surface area contributed by atoms with E-state index in [0.29, 0.717) is 51.1 Å². The molecule has 0 bridgehead atoms. The SMILES string of the molecule is CCOc1ccc2c(c1)CC(NCCCCO)C(=O)N2c1ccc2c(c1)[C@H](OC)[C@@H](C)[C@H](C(CCn1cc(CCO)nn1)[Si](C)(C)O)O2. The molecule has 0 aliphatic carbocycles. The molecule has 3 aromatic rings. The Morgan fingerprint density at radius 1 is 1.15 bits per heavy atom. The zero-order valence-corrected chi connectivity index (χ0v) is 29.8. The highest BCUT2D eigenvalue weighted by Crippen LogP contribution is 2.48. The molecule has 0 fully saturated rings. The van der Waals surface area contributed by atoms with Crippen molar-refractivity contribution in [2.75, 3.05) is 38.4 Å². The number of aliphatic hydroxyl groups excluding tert-OH is 2. The van der Waals surface area contributed by atoms with Gasteiger partial charge in [0.2, 0.25) is 5.91 Å². The fourth-order valence-corrected chi connectivity index (χ4v) is 9.10. The van der Waals surface area contributed by atoms with E-state index >= 15 is 0 Å². The van der Waals surface area contributed by atoms with Crippen LogP contribution in [-0.2, 0) is 28.9 Å². The van der Waals surface area contributed by atoms with E-state index in [4.69, 9.17) is 14.2 Å². The molecule has 1 amide bonds. The number of unbranched alkanes of at least 4 members (excludes halogenated alkanes) is 1. The summed E-state index contributed by atoms with van der Waals surface area (Å²) in [6.45, 7) is 9.81. The maximum atomic E-state index is 14.1. The van der Waals surface area contributed by atoms with Crippen molar-refractivity contribution in [1.82, 2.24) is 20.3 Å². The highest BCUT2D eigenvalue weighted by Gasteiger charge is 2.46. The number of nitrogens with zero attached hydrogens (tertiary/aromatic N) is 4. The summed E-state index contributed by atoms with van der Waals surface area (Å²) < 4.78 is 20.4. The fraction of sp³-hybridized carbons (Fsp3) is 0.571. The third kappa shape index (κ3) is 7.93. The number of aliphatic hydroxyl groups is 2. The second-order valence-corrected chi connectivity index (χ2v) is 17.4. The second-order valence-electron chi connectivity index (χ2n) is 13.4. The number of methoxy groups -OCH3 is 1. The minimum Gasteiger partial charge on any atom is -0.494 e. The van der Waals surface area contributed by atoms with E-state index < -0.39 is 14.4 Å². The average Bonchev–Trinajstić information content (AvgIpc) is 3.50. The minimum atomic E-state index is -2.73. The predicted octanol–water partition coefficient (Wildman–Crippen LogP) is 3.91. The normalized spacial score (nSPS) is 21.4. The summed E-state index contributed by atoms with van der Waals surface area (Å²) >= 11 is 0. The largest absolute Gasteiger partial charge is 0.494 e. The Morgan fingerprint density at radius 3 is 2.67 bits per heavy atom. The van der Waals surface area contributed by atoms with E-state index in [1.165, 1.54) is 0 Å². The average molecular weight is 682 g/mol. The van der Waals surface area contributed by atoms with Gasteiger partial charge in [-0.05, 0) is 94.2 Å². The molecule has 13 heteroatoms. The van der Waals surface area contributed by atoms with E-state index in [9.17, 15) is 19.8 Å². The molecule has 4 N–H and O–H groups in total. The number of hydrogen-bond donors (Lipinski definition) is 4. The van der Waals surface area contributed by atoms with E-state index in [0.717, 1.165) is 40.4 Å². The van der Waals surface area contributed by atoms with Gasteiger partial charge in [-0.15, -0.1) is 5.10 Å². The lowest BCUT2D eigenvalue weighted by Crippen LogP contribution is -2.50. The highest BCUT2D eigenvalue weighted by molar-refractivity contribution is 6.71. The van der Waals surface area contributed by atoms with E-state index in [1.807, 2.05) is 62.6 Å². The molecular formula is C35H51N5O7Si. The van der Waals surface area contributed by atoms with Crippen LogP contribution in [0.25, 0.3) is 0 Å². The Bertz CT molecular complexity index is 1530. The number of carbonyl (C=O) groups is 1. The number of nitrogens with one attached hydrogen (secondary N) is 1. The smallest absolute Gasteiger partial charge is 0.249 e. The second kappa shape index (κ2) is 15.9. The number of hydrogen-bond acceptors (Lipinski definition) is 10. The van der Waals surface area contributed by atoms with Crippen LogP contribution in [0.5, 0.6) is 11.5 Å². The Hall–Kier alpha value is -3.33. The first-order chi connectivity index (χ1) is 23.1. The standard InChI is InChI=1S/C35H51N5O7Si/c1-6-46-27-10-11-30-24(19-27)20-29(36-15-7-8-17-41)35(43)40(30)26-9-12-31-28(21-26)33(45-3)23(2)34(47-31)32(48(4,5)44)13-16-39-22-25(14-18-42)37-38-39/h9-12,19,21-23,29,32-34,36,41-42,44H,6-8,13-18,20H2,1-5H3/t23-,29?,32?,33-,34-/m1/s1. The van der Waals surface area contributed by atoms with Crippen molar-refractivity contribution in [2.24, 2.45) is 5.92 Å². The summed E-state index contributed by atoms with van der Waals surface area (Å²) in [5.74, 6) is 1.30. The molecule has 5 rings (SSSR count). The molecule has 0 radical (unpaired) electrons. The maximum absolute atomic E-state index is 14.1. The zero-order chi connectivity index (χ0) is 34.4. The molecule has 0 saturated carbocycles. The molecule has 2 aliphatic heterocycles. The number of rotatable bonds is 16. The van der Waals surface area contributed by atoms with Gasteiger partial charge in [-0.3, -0.25) is 14.4 Å². The van der Waals surface area contributed by atoms with Gasteiger partial charge < -0.3 is 34.5 Å². The van der Waals surface area contributed by atoms with Gasteiger partial charge in [0.1, 0.15) is 17.6 Å². The summed E-state index contributed by atoms with van der Waals surface area (Å²) in [4.78, 5) is 27.4. The van der Waals surface area contributed by atoms with Crippen molar-refractivity contribution in [2.45, 2.75) is 89.4 Å². The number of aromatic nitrogens is 3. The van der Waals surface area contributed by atoms with Crippen LogP contribution in [0.4, 0.5) is 11.4 Å². The first-order valence-corrected chi connectivity index (χ1v) is 20.1. The van der Waals surface area contributed by atoms with Gasteiger partial charge in [0.15, 0.2) is 8.32 Å². The van der Waals surface area contributed by atoms with Gasteiger partial charge in [0, 0.05) is 62.2 Å². The van der Waals surface area contributed by atoms with E-state index in [1.54, 1.807) is 16.7 Å². The van der Waals surface area contributed by atoms with Crippen molar-refractivity contribution in [3.63, 3.8) is 0 Å². The molecule has 0 saturated heterocycles. The lowest BCUT2D eigenvalue weighted by atomic mass is 9.86. The number of amides is 1. The Morgan fingerprint density at radius 2 is 1.96 bits per heavy atom. The summed E-state index contributed by atoms with van der Waals surface area (Å²) in [5.41, 5.74) is 4.01. The van der Waals surface area contributed by atoms with Gasteiger partial charge in [-0.25, -0.2) is 0 Å². The van der Waals surface area contributed by atoms with Crippen LogP contribution in [0.3, 0.4) is 0 Å². The number of carbonyl (C=O) groups excluding carboxylic acids is 1. The molecule has 3 heterocycles. The first kappa shape index (κ1) is 36.0. The van der Waals surface area contributed by atoms with Crippen molar-refractivity contribution < 1.29 is 34.0 Å². The van der Waals surface area contributed by atoms with Crippen molar-refractivity contribution >= 4 is 25.6 Å². The van der Waals surface area contributed by atoms with Crippen LogP contribution in [0.15, 0.2) is 42.6 Å². The van der Waals surface area contributed by atoms with Crippen molar-refractivity contribution in [3.8, 4) is 11.5 Å². The third-order valence-corrected chi connectivity index (χ3v) is 12.0. The minimum absolute atomic E-state index is 0.0149. The summed E-state index contributed by atoms with van der Waals surface area (Å²) in [5, 5.41) is 30.2. The lowest BCUT2D eigenvalue weighted by molar-refractivity contribution is -0.120. The summed E-state index contributed by atoms with van der Waals surface area (Å²) in [7, 11) is -1.04. The summed E-state index contributed by atoms with van der Waals surface area (Å²) in [6, 6.07) is 11.3. The van der Waals surface area contributed by atoms with E-state index in [2.05, 4.69) is 22.6 Å². The quantitative estimate of drug-likeness (QED) is 0.129. The molecule has 0 spiro atoms. The van der Waals surface area contributed by atoms with Crippen LogP contribution < -0.4 is 19.7 Å². The van der Waals surface area contributed by atoms with Gasteiger partial charge in [0.25, 0.3) is 0 Å². The number of fused-ring (bicyclic) bond motifs is 2.